The molecule has 3 rings (SSSR count). The van der Waals surface area contributed by atoms with E-state index in [0.717, 1.165) is 6.29 Å². The summed E-state index contributed by atoms with van der Waals surface area (Å²) >= 11 is 0. The molecule has 0 radical (unpaired) electrons. The van der Waals surface area contributed by atoms with Crippen LogP contribution in [-0.4, -0.2) is 12.4 Å². The predicted octanol–water partition coefficient (Wildman–Crippen LogP) is 4.62. The number of rotatable bonds is 5. The molecule has 2 aliphatic carbocycles. The first-order chi connectivity index (χ1) is 10.6. The van der Waals surface area contributed by atoms with Crippen molar-refractivity contribution in [3.8, 4) is 0 Å². The van der Waals surface area contributed by atoms with Crippen LogP contribution in [0.1, 0.15) is 51.5 Å². The van der Waals surface area contributed by atoms with Gasteiger partial charge in [-0.25, -0.2) is 0 Å². The molecule has 22 heavy (non-hydrogen) atoms. The van der Waals surface area contributed by atoms with Crippen LogP contribution in [-0.2, 0) is 16.1 Å². The quantitative estimate of drug-likeness (QED) is 0.741. The molecular formula is C20H28O2. The van der Waals surface area contributed by atoms with Crippen LogP contribution < -0.4 is 0 Å². The average molecular weight is 300 g/mol. The highest BCUT2D eigenvalue weighted by Gasteiger charge is 2.52. The summed E-state index contributed by atoms with van der Waals surface area (Å²) in [5.41, 5.74) is 1.55. The van der Waals surface area contributed by atoms with E-state index in [9.17, 15) is 4.79 Å². The highest BCUT2D eigenvalue weighted by molar-refractivity contribution is 5.53. The van der Waals surface area contributed by atoms with Crippen molar-refractivity contribution in [3.63, 3.8) is 0 Å². The molecule has 0 saturated heterocycles. The van der Waals surface area contributed by atoms with E-state index < -0.39 is 0 Å². The summed E-state index contributed by atoms with van der Waals surface area (Å²) in [4.78, 5) is 11.3. The van der Waals surface area contributed by atoms with Crippen LogP contribution >= 0.6 is 0 Å². The Hall–Kier alpha value is -1.15. The van der Waals surface area contributed by atoms with Crippen LogP contribution in [0.15, 0.2) is 30.3 Å². The summed E-state index contributed by atoms with van der Waals surface area (Å²) in [6.07, 6.45) is 7.59. The van der Waals surface area contributed by atoms with Crippen molar-refractivity contribution in [2.75, 3.05) is 0 Å². The van der Waals surface area contributed by atoms with Crippen molar-refractivity contribution in [3.05, 3.63) is 35.9 Å². The molecule has 2 saturated carbocycles. The molecule has 0 spiro atoms. The topological polar surface area (TPSA) is 26.3 Å². The van der Waals surface area contributed by atoms with Gasteiger partial charge < -0.3 is 9.53 Å². The highest BCUT2D eigenvalue weighted by Crippen LogP contribution is 2.58. The van der Waals surface area contributed by atoms with E-state index in [-0.39, 0.29) is 5.92 Å². The number of fused-ring (bicyclic) bond motifs is 1. The Bertz CT molecular complexity index is 498. The zero-order chi connectivity index (χ0) is 15.6. The molecule has 2 aliphatic rings. The first-order valence-electron chi connectivity index (χ1n) is 8.76. The maximum absolute atomic E-state index is 11.3. The van der Waals surface area contributed by atoms with Gasteiger partial charge in [-0.1, -0.05) is 50.6 Å². The van der Waals surface area contributed by atoms with Gasteiger partial charge in [-0.2, -0.15) is 0 Å². The fourth-order valence-corrected chi connectivity index (χ4v) is 5.10. The van der Waals surface area contributed by atoms with E-state index in [1.165, 1.54) is 37.7 Å². The highest BCUT2D eigenvalue weighted by atomic mass is 16.5. The molecular weight excluding hydrogens is 272 g/mol. The molecule has 0 heterocycles. The minimum atomic E-state index is 0.183. The number of carbonyl (C=O) groups excluding carboxylic acids is 1. The summed E-state index contributed by atoms with van der Waals surface area (Å²) in [7, 11) is 0. The Kier molecular flexibility index (Phi) is 4.67. The van der Waals surface area contributed by atoms with E-state index in [1.807, 2.05) is 6.07 Å². The Labute approximate surface area is 134 Å². The minimum absolute atomic E-state index is 0.183. The van der Waals surface area contributed by atoms with Crippen LogP contribution in [0.4, 0.5) is 0 Å². The van der Waals surface area contributed by atoms with Crippen LogP contribution in [0.3, 0.4) is 0 Å². The summed E-state index contributed by atoms with van der Waals surface area (Å²) in [6, 6.07) is 10.5. The SMILES string of the molecule is CC(C=O)C1CCC2C(OCc3ccccc3)CCCC12C. The maximum atomic E-state index is 11.3. The molecule has 0 amide bonds. The fourth-order valence-electron chi connectivity index (χ4n) is 5.10. The van der Waals surface area contributed by atoms with Gasteiger partial charge in [-0.15, -0.1) is 0 Å². The Morgan fingerprint density at radius 3 is 2.77 bits per heavy atom. The molecule has 0 aromatic heterocycles. The van der Waals surface area contributed by atoms with Crippen molar-refractivity contribution in [1.82, 2.24) is 0 Å². The summed E-state index contributed by atoms with van der Waals surface area (Å²) in [5.74, 6) is 1.35. The predicted molar refractivity (Wildman–Crippen MR) is 88.4 cm³/mol. The van der Waals surface area contributed by atoms with Gasteiger partial charge >= 0.3 is 0 Å². The fraction of sp³-hybridized carbons (Fsp3) is 0.650. The number of ether oxygens (including phenoxy) is 1. The second kappa shape index (κ2) is 6.54. The lowest BCUT2D eigenvalue weighted by Gasteiger charge is -2.45. The second-order valence-electron chi connectivity index (χ2n) is 7.52. The standard InChI is InChI=1S/C20H28O2/c1-15(13-21)17-10-11-18-19(9-6-12-20(17,18)2)22-14-16-7-4-3-5-8-16/h3-5,7-8,13,15,17-19H,6,9-12,14H2,1-2H3. The Morgan fingerprint density at radius 1 is 1.27 bits per heavy atom. The smallest absolute Gasteiger partial charge is 0.123 e. The van der Waals surface area contributed by atoms with Gasteiger partial charge in [0, 0.05) is 5.92 Å². The normalized spacial score (nSPS) is 35.8. The van der Waals surface area contributed by atoms with Crippen LogP contribution in [0.25, 0.3) is 0 Å². The monoisotopic (exact) mass is 300 g/mol. The molecule has 0 N–H and O–H groups in total. The molecule has 5 atom stereocenters. The molecule has 2 nitrogen and oxygen atoms in total. The third-order valence-corrected chi connectivity index (χ3v) is 6.29. The average Bonchev–Trinajstić information content (AvgIpc) is 2.90. The van der Waals surface area contributed by atoms with Crippen LogP contribution in [0.2, 0.25) is 0 Å². The molecule has 2 fully saturated rings. The van der Waals surface area contributed by atoms with Crippen LogP contribution in [0, 0.1) is 23.2 Å². The lowest BCUT2D eigenvalue weighted by Crippen LogP contribution is -2.42. The van der Waals surface area contributed by atoms with E-state index in [0.29, 0.717) is 30.0 Å². The van der Waals surface area contributed by atoms with Gasteiger partial charge in [0.15, 0.2) is 0 Å². The van der Waals surface area contributed by atoms with Crippen LogP contribution in [0.5, 0.6) is 0 Å². The number of carbonyl (C=O) groups is 1. The van der Waals surface area contributed by atoms with Gasteiger partial charge in [0.2, 0.25) is 0 Å². The van der Waals surface area contributed by atoms with Crippen molar-refractivity contribution in [2.24, 2.45) is 23.2 Å². The molecule has 5 unspecified atom stereocenters. The van der Waals surface area contributed by atoms with Crippen molar-refractivity contribution in [2.45, 2.75) is 58.7 Å². The zero-order valence-corrected chi connectivity index (χ0v) is 13.8. The lowest BCUT2D eigenvalue weighted by atomic mass is 9.62. The van der Waals surface area contributed by atoms with E-state index in [4.69, 9.17) is 4.74 Å². The summed E-state index contributed by atoms with van der Waals surface area (Å²) in [6.45, 7) is 5.22. The number of hydrogen-bond acceptors (Lipinski definition) is 2. The molecule has 0 aliphatic heterocycles. The third-order valence-electron chi connectivity index (χ3n) is 6.29. The zero-order valence-electron chi connectivity index (χ0n) is 13.8. The number of aldehydes is 1. The minimum Gasteiger partial charge on any atom is -0.373 e. The first-order valence-corrected chi connectivity index (χ1v) is 8.76. The van der Waals surface area contributed by atoms with Gasteiger partial charge in [0.25, 0.3) is 0 Å². The Balaban J connectivity index is 1.68. The van der Waals surface area contributed by atoms with Gasteiger partial charge in [-0.3, -0.25) is 0 Å². The molecule has 2 heteroatoms. The number of hydrogen-bond donors (Lipinski definition) is 0. The lowest BCUT2D eigenvalue weighted by molar-refractivity contribution is -0.116. The van der Waals surface area contributed by atoms with Crippen molar-refractivity contribution in [1.29, 1.82) is 0 Å². The van der Waals surface area contributed by atoms with Gasteiger partial charge in [-0.05, 0) is 48.5 Å². The van der Waals surface area contributed by atoms with Crippen molar-refractivity contribution >= 4 is 6.29 Å². The molecule has 1 aromatic rings. The molecule has 1 aromatic carbocycles. The Morgan fingerprint density at radius 2 is 2.05 bits per heavy atom. The van der Waals surface area contributed by atoms with E-state index >= 15 is 0 Å². The largest absolute Gasteiger partial charge is 0.373 e. The van der Waals surface area contributed by atoms with E-state index in [2.05, 4.69) is 38.1 Å². The molecule has 120 valence electrons. The van der Waals surface area contributed by atoms with E-state index in [1.54, 1.807) is 0 Å². The maximum Gasteiger partial charge on any atom is 0.123 e. The van der Waals surface area contributed by atoms with Gasteiger partial charge in [0.1, 0.15) is 6.29 Å². The molecule has 0 bridgehead atoms. The number of benzene rings is 1. The van der Waals surface area contributed by atoms with Crippen molar-refractivity contribution < 1.29 is 9.53 Å². The first kappa shape index (κ1) is 15.7. The second-order valence-corrected chi connectivity index (χ2v) is 7.52. The third kappa shape index (κ3) is 2.86. The van der Waals surface area contributed by atoms with Gasteiger partial charge in [0.05, 0.1) is 12.7 Å². The summed E-state index contributed by atoms with van der Waals surface area (Å²) < 4.78 is 6.32. The summed E-state index contributed by atoms with van der Waals surface area (Å²) in [5, 5.41) is 0.